The molecular formula is C14H13BrClFN2. The van der Waals surface area contributed by atoms with Crippen LogP contribution in [-0.2, 0) is 0 Å². The van der Waals surface area contributed by atoms with Crippen LogP contribution in [0.3, 0.4) is 0 Å². The predicted octanol–water partition coefficient (Wildman–Crippen LogP) is 5.12. The minimum absolute atomic E-state index is 0.0332. The van der Waals surface area contributed by atoms with Gasteiger partial charge in [0.1, 0.15) is 10.4 Å². The molecular weight excluding hydrogens is 331 g/mol. The summed E-state index contributed by atoms with van der Waals surface area (Å²) >= 11 is 9.03. The molecule has 100 valence electrons. The number of anilines is 1. The lowest BCUT2D eigenvalue weighted by Crippen LogP contribution is -2.07. The van der Waals surface area contributed by atoms with E-state index in [2.05, 4.69) is 26.2 Å². The quantitative estimate of drug-likeness (QED) is 0.783. The number of hydrogen-bond acceptors (Lipinski definition) is 2. The van der Waals surface area contributed by atoms with Crippen molar-refractivity contribution < 1.29 is 4.39 Å². The maximum atomic E-state index is 13.4. The Morgan fingerprint density at radius 1 is 1.37 bits per heavy atom. The molecule has 1 heterocycles. The van der Waals surface area contributed by atoms with E-state index in [9.17, 15) is 4.39 Å². The van der Waals surface area contributed by atoms with Crippen molar-refractivity contribution in [1.29, 1.82) is 0 Å². The second kappa shape index (κ2) is 5.88. The summed E-state index contributed by atoms with van der Waals surface area (Å²) in [6.07, 6.45) is 1.74. The third-order valence-electron chi connectivity index (χ3n) is 2.84. The minimum atomic E-state index is -0.405. The van der Waals surface area contributed by atoms with Crippen molar-refractivity contribution in [2.75, 3.05) is 5.32 Å². The van der Waals surface area contributed by atoms with E-state index in [0.717, 1.165) is 21.4 Å². The Morgan fingerprint density at radius 3 is 2.74 bits per heavy atom. The molecule has 0 saturated heterocycles. The highest BCUT2D eigenvalue weighted by Crippen LogP contribution is 2.24. The molecule has 1 atom stereocenters. The van der Waals surface area contributed by atoms with Gasteiger partial charge in [-0.1, -0.05) is 17.7 Å². The van der Waals surface area contributed by atoms with Crippen LogP contribution in [0.2, 0.25) is 5.02 Å². The fourth-order valence-corrected chi connectivity index (χ4v) is 2.09. The summed E-state index contributed by atoms with van der Waals surface area (Å²) in [4.78, 5) is 4.22. The maximum Gasteiger partial charge on any atom is 0.142 e. The zero-order valence-electron chi connectivity index (χ0n) is 10.5. The molecule has 2 aromatic rings. The molecule has 5 heteroatoms. The molecule has 0 aliphatic rings. The fraction of sp³-hybridized carbons (Fsp3) is 0.214. The molecule has 0 bridgehead atoms. The molecule has 0 saturated carbocycles. The van der Waals surface area contributed by atoms with E-state index in [1.54, 1.807) is 12.3 Å². The van der Waals surface area contributed by atoms with Gasteiger partial charge < -0.3 is 5.32 Å². The molecule has 2 rings (SSSR count). The average molecular weight is 344 g/mol. The molecule has 1 N–H and O–H groups in total. The lowest BCUT2D eigenvalue weighted by molar-refractivity contribution is 0.624. The van der Waals surface area contributed by atoms with Gasteiger partial charge in [0.2, 0.25) is 0 Å². The number of rotatable bonds is 3. The number of hydrogen-bond donors (Lipinski definition) is 1. The molecule has 0 radical (unpaired) electrons. The van der Waals surface area contributed by atoms with Gasteiger partial charge in [0.05, 0.1) is 16.9 Å². The monoisotopic (exact) mass is 342 g/mol. The molecule has 0 aliphatic heterocycles. The lowest BCUT2D eigenvalue weighted by atomic mass is 10.1. The Morgan fingerprint density at radius 2 is 2.11 bits per heavy atom. The van der Waals surface area contributed by atoms with Gasteiger partial charge in [0.25, 0.3) is 0 Å². The molecule has 1 aromatic heterocycles. The van der Waals surface area contributed by atoms with E-state index < -0.39 is 5.82 Å². The van der Waals surface area contributed by atoms with E-state index in [1.165, 1.54) is 6.07 Å². The summed E-state index contributed by atoms with van der Waals surface area (Å²) in [7, 11) is 0. The van der Waals surface area contributed by atoms with Crippen LogP contribution in [0.4, 0.5) is 10.1 Å². The molecule has 2 nitrogen and oxygen atoms in total. The number of benzene rings is 1. The molecule has 0 amide bonds. The molecule has 1 unspecified atom stereocenters. The highest BCUT2D eigenvalue weighted by Gasteiger charge is 2.09. The number of pyridine rings is 1. The van der Waals surface area contributed by atoms with Crippen molar-refractivity contribution in [3.05, 3.63) is 57.0 Å². The minimum Gasteiger partial charge on any atom is -0.377 e. The van der Waals surface area contributed by atoms with Crippen molar-refractivity contribution >= 4 is 33.2 Å². The first-order chi connectivity index (χ1) is 8.97. The van der Waals surface area contributed by atoms with E-state index in [-0.39, 0.29) is 11.1 Å². The first-order valence-corrected chi connectivity index (χ1v) is 6.98. The normalized spacial score (nSPS) is 12.3. The van der Waals surface area contributed by atoms with Crippen LogP contribution in [0.1, 0.15) is 24.1 Å². The number of aromatic nitrogens is 1. The number of aryl methyl sites for hydroxylation is 1. The van der Waals surface area contributed by atoms with E-state index in [0.29, 0.717) is 0 Å². The van der Waals surface area contributed by atoms with E-state index in [4.69, 9.17) is 11.6 Å². The Hall–Kier alpha value is -1.13. The summed E-state index contributed by atoms with van der Waals surface area (Å²) in [5, 5.41) is 3.42. The second-order valence-corrected chi connectivity index (χ2v) is 5.53. The van der Waals surface area contributed by atoms with Crippen LogP contribution in [-0.4, -0.2) is 4.98 Å². The summed E-state index contributed by atoms with van der Waals surface area (Å²) < 4.78 is 14.2. The van der Waals surface area contributed by atoms with Crippen molar-refractivity contribution in [1.82, 2.24) is 4.98 Å². The van der Waals surface area contributed by atoms with Gasteiger partial charge in [-0.2, -0.15) is 0 Å². The number of nitrogens with zero attached hydrogens (tertiary/aromatic N) is 1. The molecule has 0 aliphatic carbocycles. The number of nitrogens with one attached hydrogen (secondary N) is 1. The Balaban J connectivity index is 2.17. The summed E-state index contributed by atoms with van der Waals surface area (Å²) in [5.74, 6) is -0.405. The van der Waals surface area contributed by atoms with E-state index >= 15 is 0 Å². The van der Waals surface area contributed by atoms with Crippen molar-refractivity contribution in [2.24, 2.45) is 0 Å². The van der Waals surface area contributed by atoms with Crippen LogP contribution in [0.5, 0.6) is 0 Å². The first-order valence-electron chi connectivity index (χ1n) is 5.81. The third-order valence-corrected chi connectivity index (χ3v) is 3.98. The second-order valence-electron chi connectivity index (χ2n) is 4.37. The standard InChI is InChI=1S/C14H13BrClFN2/c1-8-5-11(7-18-14(8)15)19-9(2)10-3-4-12(16)13(17)6-10/h3-7,9,19H,1-2H3. The molecule has 0 fully saturated rings. The van der Waals surface area contributed by atoms with Gasteiger partial charge in [-0.25, -0.2) is 9.37 Å². The third kappa shape index (κ3) is 3.45. The summed E-state index contributed by atoms with van der Waals surface area (Å²) in [6, 6.07) is 6.77. The van der Waals surface area contributed by atoms with Crippen LogP contribution in [0.25, 0.3) is 0 Å². The highest BCUT2D eigenvalue weighted by atomic mass is 79.9. The van der Waals surface area contributed by atoms with Crippen LogP contribution < -0.4 is 5.32 Å². The molecule has 19 heavy (non-hydrogen) atoms. The first kappa shape index (κ1) is 14.3. The SMILES string of the molecule is Cc1cc(NC(C)c2ccc(Cl)c(F)c2)cnc1Br. The van der Waals surface area contributed by atoms with Gasteiger partial charge in [-0.05, 0) is 59.1 Å². The van der Waals surface area contributed by atoms with Crippen molar-refractivity contribution in [2.45, 2.75) is 19.9 Å². The van der Waals surface area contributed by atoms with Gasteiger partial charge >= 0.3 is 0 Å². The van der Waals surface area contributed by atoms with Crippen LogP contribution >= 0.6 is 27.5 Å². The fourth-order valence-electron chi connectivity index (χ4n) is 1.75. The molecule has 0 spiro atoms. The number of halogens is 3. The Kier molecular flexibility index (Phi) is 4.42. The Bertz CT molecular complexity index is 604. The largest absolute Gasteiger partial charge is 0.377 e. The predicted molar refractivity (Wildman–Crippen MR) is 80.1 cm³/mol. The van der Waals surface area contributed by atoms with Gasteiger partial charge in [-0.3, -0.25) is 0 Å². The maximum absolute atomic E-state index is 13.4. The van der Waals surface area contributed by atoms with Gasteiger partial charge in [0, 0.05) is 6.04 Å². The van der Waals surface area contributed by atoms with Gasteiger partial charge in [-0.15, -0.1) is 0 Å². The van der Waals surface area contributed by atoms with E-state index in [1.807, 2.05) is 26.0 Å². The smallest absolute Gasteiger partial charge is 0.142 e. The molecule has 1 aromatic carbocycles. The van der Waals surface area contributed by atoms with Gasteiger partial charge in [0.15, 0.2) is 0 Å². The van der Waals surface area contributed by atoms with Crippen LogP contribution in [0.15, 0.2) is 35.1 Å². The summed E-state index contributed by atoms with van der Waals surface area (Å²) in [6.45, 7) is 3.93. The highest BCUT2D eigenvalue weighted by molar-refractivity contribution is 9.10. The zero-order valence-corrected chi connectivity index (χ0v) is 12.9. The lowest BCUT2D eigenvalue weighted by Gasteiger charge is -2.16. The zero-order chi connectivity index (χ0) is 14.0. The average Bonchev–Trinajstić information content (AvgIpc) is 2.37. The Labute approximate surface area is 125 Å². The van der Waals surface area contributed by atoms with Crippen LogP contribution in [0, 0.1) is 12.7 Å². The van der Waals surface area contributed by atoms with Crippen molar-refractivity contribution in [3.63, 3.8) is 0 Å². The van der Waals surface area contributed by atoms with Crippen molar-refractivity contribution in [3.8, 4) is 0 Å². The topological polar surface area (TPSA) is 24.9 Å². The summed E-state index contributed by atoms with van der Waals surface area (Å²) in [5.41, 5.74) is 2.77.